The molecule has 1 amide bonds. The Hall–Kier alpha value is -3.07. The molecule has 3 aromatic rings. The largest absolute Gasteiger partial charge is 0.416 e. The van der Waals surface area contributed by atoms with Crippen LogP contribution in [0, 0.1) is 0 Å². The average Bonchev–Trinajstić information content (AvgIpc) is 3.51. The third-order valence-corrected chi connectivity index (χ3v) is 5.20. The maximum absolute atomic E-state index is 12.8. The van der Waals surface area contributed by atoms with Crippen LogP contribution in [-0.4, -0.2) is 20.3 Å². The second kappa shape index (κ2) is 8.22. The minimum atomic E-state index is -4.41. The first-order chi connectivity index (χ1) is 14.7. The van der Waals surface area contributed by atoms with Crippen molar-refractivity contribution in [2.45, 2.75) is 38.1 Å². The molecule has 1 aliphatic carbocycles. The van der Waals surface area contributed by atoms with Crippen molar-refractivity contribution in [2.75, 3.05) is 0 Å². The van der Waals surface area contributed by atoms with E-state index in [1.165, 1.54) is 12.1 Å². The maximum atomic E-state index is 12.8. The summed E-state index contributed by atoms with van der Waals surface area (Å²) >= 11 is 5.93. The van der Waals surface area contributed by atoms with E-state index in [2.05, 4.69) is 10.4 Å². The van der Waals surface area contributed by atoms with Crippen LogP contribution < -0.4 is 11.0 Å². The van der Waals surface area contributed by atoms with Crippen LogP contribution in [0.25, 0.3) is 11.4 Å². The molecule has 0 bridgehead atoms. The van der Waals surface area contributed by atoms with E-state index in [1.807, 2.05) is 0 Å². The van der Waals surface area contributed by atoms with E-state index in [1.54, 1.807) is 28.8 Å². The summed E-state index contributed by atoms with van der Waals surface area (Å²) in [6.07, 6.45) is -2.68. The van der Waals surface area contributed by atoms with Crippen molar-refractivity contribution in [2.24, 2.45) is 0 Å². The molecule has 2 aromatic carbocycles. The molecular weight excluding hydrogens is 433 g/mol. The zero-order valence-corrected chi connectivity index (χ0v) is 17.0. The van der Waals surface area contributed by atoms with E-state index in [9.17, 15) is 22.8 Å². The standard InChI is InChI=1S/C21H18ClF3N4O2/c22-16-7-3-14(4-8-16)19-27-28(20(31)29(19)17-9-10-17)12-18(30)26-11-13-1-5-15(6-2-13)21(23,24)25/h1-8,17H,9-12H2,(H,26,30). The third-order valence-electron chi connectivity index (χ3n) is 4.95. The Kier molecular flexibility index (Phi) is 5.62. The number of hydrogen-bond acceptors (Lipinski definition) is 3. The van der Waals surface area contributed by atoms with Crippen molar-refractivity contribution in [3.05, 3.63) is 75.2 Å². The summed E-state index contributed by atoms with van der Waals surface area (Å²) in [5, 5.41) is 7.51. The van der Waals surface area contributed by atoms with Gasteiger partial charge in [-0.1, -0.05) is 23.7 Å². The summed E-state index contributed by atoms with van der Waals surface area (Å²) < 4.78 is 40.6. The number of aromatic nitrogens is 3. The van der Waals surface area contributed by atoms with Crippen molar-refractivity contribution >= 4 is 17.5 Å². The highest BCUT2D eigenvalue weighted by atomic mass is 35.5. The van der Waals surface area contributed by atoms with Gasteiger partial charge < -0.3 is 5.32 Å². The normalized spacial score (nSPS) is 13.9. The van der Waals surface area contributed by atoms with Crippen molar-refractivity contribution in [1.29, 1.82) is 0 Å². The van der Waals surface area contributed by atoms with Gasteiger partial charge in [-0.05, 0) is 54.8 Å². The van der Waals surface area contributed by atoms with Crippen molar-refractivity contribution < 1.29 is 18.0 Å². The van der Waals surface area contributed by atoms with Crippen LogP contribution in [0.3, 0.4) is 0 Å². The van der Waals surface area contributed by atoms with Crippen LogP contribution in [0.2, 0.25) is 5.02 Å². The molecule has 1 N–H and O–H groups in total. The highest BCUT2D eigenvalue weighted by Gasteiger charge is 2.31. The predicted octanol–water partition coefficient (Wildman–Crippen LogP) is 4.04. The smallest absolute Gasteiger partial charge is 0.350 e. The quantitative estimate of drug-likeness (QED) is 0.616. The molecule has 10 heteroatoms. The molecule has 1 saturated carbocycles. The number of alkyl halides is 3. The number of hydrogen-bond donors (Lipinski definition) is 1. The fourth-order valence-corrected chi connectivity index (χ4v) is 3.31. The Morgan fingerprint density at radius 3 is 2.32 bits per heavy atom. The molecule has 0 saturated heterocycles. The number of nitrogens with one attached hydrogen (secondary N) is 1. The number of rotatable bonds is 6. The Labute approximate surface area is 180 Å². The first-order valence-electron chi connectivity index (χ1n) is 9.60. The topological polar surface area (TPSA) is 68.9 Å². The molecule has 31 heavy (non-hydrogen) atoms. The minimum absolute atomic E-state index is 0.0408. The van der Waals surface area contributed by atoms with E-state index in [0.29, 0.717) is 16.4 Å². The van der Waals surface area contributed by atoms with Crippen LogP contribution in [0.4, 0.5) is 13.2 Å². The van der Waals surface area contributed by atoms with Gasteiger partial charge in [-0.15, -0.1) is 5.10 Å². The first-order valence-corrected chi connectivity index (χ1v) is 9.98. The summed E-state index contributed by atoms with van der Waals surface area (Å²) in [7, 11) is 0. The number of nitrogens with zero attached hydrogens (tertiary/aromatic N) is 3. The summed E-state index contributed by atoms with van der Waals surface area (Å²) in [6.45, 7) is -0.251. The van der Waals surface area contributed by atoms with Gasteiger partial charge >= 0.3 is 11.9 Å². The molecule has 4 rings (SSSR count). The molecule has 0 aliphatic heterocycles. The molecule has 0 radical (unpaired) electrons. The lowest BCUT2D eigenvalue weighted by atomic mass is 10.1. The number of amides is 1. The number of carbonyl (C=O) groups is 1. The van der Waals surface area contributed by atoms with Gasteiger partial charge in [0.25, 0.3) is 0 Å². The second-order valence-corrected chi connectivity index (χ2v) is 7.78. The first kappa shape index (κ1) is 21.2. The molecular formula is C21H18ClF3N4O2. The van der Waals surface area contributed by atoms with Crippen LogP contribution in [0.1, 0.15) is 30.0 Å². The molecule has 162 valence electrons. The molecule has 6 nitrogen and oxygen atoms in total. The van der Waals surface area contributed by atoms with Crippen molar-refractivity contribution in [1.82, 2.24) is 19.7 Å². The molecule has 1 aliphatic rings. The van der Waals surface area contributed by atoms with Crippen molar-refractivity contribution in [3.63, 3.8) is 0 Å². The summed E-state index contributed by atoms with van der Waals surface area (Å²) in [4.78, 5) is 25.1. The minimum Gasteiger partial charge on any atom is -0.350 e. The van der Waals surface area contributed by atoms with Gasteiger partial charge in [0.15, 0.2) is 5.82 Å². The van der Waals surface area contributed by atoms with E-state index in [4.69, 9.17) is 11.6 Å². The fraction of sp³-hybridized carbons (Fsp3) is 0.286. The molecule has 0 spiro atoms. The lowest BCUT2D eigenvalue weighted by Crippen LogP contribution is -2.33. The van der Waals surface area contributed by atoms with Crippen LogP contribution in [-0.2, 0) is 24.1 Å². The number of halogens is 4. The summed E-state index contributed by atoms with van der Waals surface area (Å²) in [5.74, 6) is 0.00445. The maximum Gasteiger partial charge on any atom is 0.416 e. The van der Waals surface area contributed by atoms with Gasteiger partial charge in [-0.25, -0.2) is 9.48 Å². The fourth-order valence-electron chi connectivity index (χ4n) is 3.19. The van der Waals surface area contributed by atoms with Gasteiger partial charge in [-0.3, -0.25) is 9.36 Å². The highest BCUT2D eigenvalue weighted by Crippen LogP contribution is 2.36. The molecule has 1 aromatic heterocycles. The van der Waals surface area contributed by atoms with Crippen LogP contribution in [0.15, 0.2) is 53.3 Å². The predicted molar refractivity (Wildman–Crippen MR) is 108 cm³/mol. The van der Waals surface area contributed by atoms with E-state index in [0.717, 1.165) is 35.2 Å². The van der Waals surface area contributed by atoms with Crippen molar-refractivity contribution in [3.8, 4) is 11.4 Å². The van der Waals surface area contributed by atoms with Gasteiger partial charge in [0.2, 0.25) is 5.91 Å². The zero-order valence-electron chi connectivity index (χ0n) is 16.2. The molecule has 1 heterocycles. The van der Waals surface area contributed by atoms with E-state index < -0.39 is 17.6 Å². The van der Waals surface area contributed by atoms with Gasteiger partial charge in [0, 0.05) is 23.2 Å². The number of benzene rings is 2. The number of carbonyl (C=O) groups excluding carboxylic acids is 1. The highest BCUT2D eigenvalue weighted by molar-refractivity contribution is 6.30. The third kappa shape index (κ3) is 4.82. The lowest BCUT2D eigenvalue weighted by molar-refractivity contribution is -0.137. The van der Waals surface area contributed by atoms with E-state index in [-0.39, 0.29) is 24.8 Å². The van der Waals surface area contributed by atoms with Crippen LogP contribution >= 0.6 is 11.6 Å². The van der Waals surface area contributed by atoms with Crippen LogP contribution in [0.5, 0.6) is 0 Å². The second-order valence-electron chi connectivity index (χ2n) is 7.34. The Bertz CT molecular complexity index is 1150. The lowest BCUT2D eigenvalue weighted by Gasteiger charge is -2.08. The Morgan fingerprint density at radius 1 is 1.10 bits per heavy atom. The SMILES string of the molecule is O=C(Cn1nc(-c2ccc(Cl)cc2)n(C2CC2)c1=O)NCc1ccc(C(F)(F)F)cc1. The van der Waals surface area contributed by atoms with Gasteiger partial charge in [-0.2, -0.15) is 13.2 Å². The van der Waals surface area contributed by atoms with Gasteiger partial charge in [0.1, 0.15) is 6.54 Å². The Morgan fingerprint density at radius 2 is 1.74 bits per heavy atom. The van der Waals surface area contributed by atoms with E-state index >= 15 is 0 Å². The molecule has 0 unspecified atom stereocenters. The molecule has 1 fully saturated rings. The monoisotopic (exact) mass is 450 g/mol. The Balaban J connectivity index is 1.46. The molecule has 0 atom stereocenters. The zero-order chi connectivity index (χ0) is 22.2. The summed E-state index contributed by atoms with van der Waals surface area (Å²) in [6, 6.07) is 11.5. The summed E-state index contributed by atoms with van der Waals surface area (Å²) in [5.41, 5.74) is 0.1000. The van der Waals surface area contributed by atoms with Gasteiger partial charge in [0.05, 0.1) is 5.56 Å². The average molecular weight is 451 g/mol.